The second kappa shape index (κ2) is 10.5. The van der Waals surface area contributed by atoms with E-state index in [2.05, 4.69) is 0 Å². The van der Waals surface area contributed by atoms with E-state index in [0.29, 0.717) is 38.6 Å². The fourth-order valence-electron chi connectivity index (χ4n) is 8.08. The highest BCUT2D eigenvalue weighted by atomic mass is 19.4. The predicted octanol–water partition coefficient (Wildman–Crippen LogP) is 12.8. The fourth-order valence-corrected chi connectivity index (χ4v) is 8.08. The molecule has 240 valence electrons. The third kappa shape index (κ3) is 4.41. The van der Waals surface area contributed by atoms with Gasteiger partial charge in [0.2, 0.25) is 0 Å². The Kier molecular flexibility index (Phi) is 6.32. The third-order valence-corrected chi connectivity index (χ3v) is 9.93. The molecule has 7 heteroatoms. The highest BCUT2D eigenvalue weighted by molar-refractivity contribution is 6.20. The summed E-state index contributed by atoms with van der Waals surface area (Å²) in [6.07, 6.45) is -2.27. The summed E-state index contributed by atoms with van der Waals surface area (Å²) in [5.41, 5.74) is 2.94. The summed E-state index contributed by atoms with van der Waals surface area (Å²) in [7, 11) is 0. The lowest BCUT2D eigenvalue weighted by atomic mass is 9.67. The van der Waals surface area contributed by atoms with E-state index in [4.69, 9.17) is 4.42 Å². The van der Waals surface area contributed by atoms with Crippen molar-refractivity contribution in [1.29, 1.82) is 0 Å². The van der Waals surface area contributed by atoms with Crippen LogP contribution in [0, 0.1) is 5.92 Å². The average molecular weight is 659 g/mol. The van der Waals surface area contributed by atoms with Gasteiger partial charge in [-0.3, -0.25) is 0 Å². The SMILES string of the molecule is FC(F)(F)C1=C2C=CC=CC2[C@H](c2ccc3oc4c(-c5c6ccccc6c(C(F)(F)F)c6ccccc56)cccc4c3c2)c2ccccc21. The highest BCUT2D eigenvalue weighted by Crippen LogP contribution is 2.53. The Balaban J connectivity index is 1.29. The Hall–Kier alpha value is -5.56. The van der Waals surface area contributed by atoms with Crippen molar-refractivity contribution in [2.45, 2.75) is 18.3 Å². The molecular weight excluding hydrogens is 634 g/mol. The topological polar surface area (TPSA) is 13.1 Å². The number of hydrogen-bond donors (Lipinski definition) is 0. The molecule has 1 aromatic heterocycles. The largest absolute Gasteiger partial charge is 0.455 e. The van der Waals surface area contributed by atoms with Crippen molar-refractivity contribution >= 4 is 49.1 Å². The normalized spacial score (nSPS) is 17.8. The van der Waals surface area contributed by atoms with Crippen molar-refractivity contribution in [1.82, 2.24) is 0 Å². The van der Waals surface area contributed by atoms with Gasteiger partial charge in [-0.05, 0) is 55.9 Å². The van der Waals surface area contributed by atoms with Crippen LogP contribution in [0.25, 0.3) is 60.2 Å². The van der Waals surface area contributed by atoms with Gasteiger partial charge in [0.1, 0.15) is 11.2 Å². The highest BCUT2D eigenvalue weighted by Gasteiger charge is 2.45. The molecule has 0 amide bonds. The van der Waals surface area contributed by atoms with Crippen LogP contribution in [0.3, 0.4) is 0 Å². The number of alkyl halides is 6. The van der Waals surface area contributed by atoms with Gasteiger partial charge in [-0.1, -0.05) is 121 Å². The van der Waals surface area contributed by atoms with Crippen molar-refractivity contribution in [3.05, 3.63) is 161 Å². The molecule has 0 bridgehead atoms. The second-order valence-corrected chi connectivity index (χ2v) is 12.5. The van der Waals surface area contributed by atoms with E-state index in [1.165, 1.54) is 18.2 Å². The van der Waals surface area contributed by atoms with Gasteiger partial charge >= 0.3 is 12.4 Å². The first-order chi connectivity index (χ1) is 23.6. The van der Waals surface area contributed by atoms with E-state index in [-0.39, 0.29) is 27.8 Å². The maximum atomic E-state index is 14.6. The number of rotatable bonds is 2. The van der Waals surface area contributed by atoms with E-state index in [9.17, 15) is 26.3 Å². The van der Waals surface area contributed by atoms with Crippen LogP contribution >= 0.6 is 0 Å². The first kappa shape index (κ1) is 29.6. The molecule has 0 saturated heterocycles. The molecule has 1 nitrogen and oxygen atoms in total. The summed E-state index contributed by atoms with van der Waals surface area (Å²) < 4.78 is 93.8. The van der Waals surface area contributed by atoms with E-state index in [1.807, 2.05) is 42.5 Å². The monoisotopic (exact) mass is 658 g/mol. The zero-order chi connectivity index (χ0) is 33.7. The molecule has 2 aliphatic rings. The van der Waals surface area contributed by atoms with Crippen LogP contribution in [0.5, 0.6) is 0 Å². The van der Waals surface area contributed by atoms with Crippen LogP contribution in [0.1, 0.15) is 28.2 Å². The van der Waals surface area contributed by atoms with Gasteiger partial charge in [-0.25, -0.2) is 0 Å². The Labute approximate surface area is 276 Å². The minimum atomic E-state index is -4.57. The van der Waals surface area contributed by atoms with Crippen molar-refractivity contribution < 1.29 is 30.8 Å². The van der Waals surface area contributed by atoms with Crippen LogP contribution in [0.2, 0.25) is 0 Å². The van der Waals surface area contributed by atoms with Crippen molar-refractivity contribution in [3.8, 4) is 11.1 Å². The molecule has 0 saturated carbocycles. The molecule has 0 N–H and O–H groups in total. The zero-order valence-electron chi connectivity index (χ0n) is 25.5. The Morgan fingerprint density at radius 3 is 1.88 bits per heavy atom. The molecule has 6 aromatic carbocycles. The van der Waals surface area contributed by atoms with Gasteiger partial charge in [0.05, 0.1) is 11.1 Å². The third-order valence-electron chi connectivity index (χ3n) is 9.93. The number of allylic oxidation sites excluding steroid dienone is 6. The lowest BCUT2D eigenvalue weighted by molar-refractivity contribution is -0.135. The molecule has 0 radical (unpaired) electrons. The van der Waals surface area contributed by atoms with Crippen molar-refractivity contribution in [3.63, 3.8) is 0 Å². The van der Waals surface area contributed by atoms with Gasteiger partial charge in [-0.15, -0.1) is 0 Å². The molecule has 1 heterocycles. The fraction of sp³-hybridized carbons (Fsp3) is 0.0952. The van der Waals surface area contributed by atoms with E-state index in [0.717, 1.165) is 16.3 Å². The minimum Gasteiger partial charge on any atom is -0.455 e. The van der Waals surface area contributed by atoms with Crippen LogP contribution in [0.15, 0.2) is 143 Å². The first-order valence-electron chi connectivity index (χ1n) is 15.8. The molecule has 0 fully saturated rings. The van der Waals surface area contributed by atoms with Crippen LogP contribution in [-0.4, -0.2) is 6.18 Å². The number of hydrogen-bond acceptors (Lipinski definition) is 1. The van der Waals surface area contributed by atoms with Gasteiger partial charge in [-0.2, -0.15) is 26.3 Å². The lowest BCUT2D eigenvalue weighted by Gasteiger charge is -2.37. The molecule has 1 unspecified atom stereocenters. The number of furan rings is 1. The standard InChI is InChI=1S/C42H24F6O/c43-41(44,45)38-28-14-5-1-10-24(28)36(25-11-2-6-15-29(25)38)23-20-21-35-34(22-23)32-18-9-19-33(40(32)49-35)37-26-12-3-7-16-30(26)39(42(46,47)48)31-17-8-4-13-27(31)37/h1-22,24,36H/t24?,36-/m0/s1. The van der Waals surface area contributed by atoms with Gasteiger partial charge < -0.3 is 4.42 Å². The first-order valence-corrected chi connectivity index (χ1v) is 15.8. The minimum absolute atomic E-state index is 0.103. The summed E-state index contributed by atoms with van der Waals surface area (Å²) in [6, 6.07) is 31.2. The molecule has 0 spiro atoms. The van der Waals surface area contributed by atoms with E-state index in [1.54, 1.807) is 72.8 Å². The number of fused-ring (bicyclic) bond motifs is 7. The maximum absolute atomic E-state index is 14.6. The Morgan fingerprint density at radius 2 is 1.18 bits per heavy atom. The smallest absolute Gasteiger partial charge is 0.417 e. The van der Waals surface area contributed by atoms with Crippen LogP contribution < -0.4 is 0 Å². The maximum Gasteiger partial charge on any atom is 0.417 e. The van der Waals surface area contributed by atoms with Crippen molar-refractivity contribution in [2.75, 3.05) is 0 Å². The zero-order valence-corrected chi connectivity index (χ0v) is 25.5. The summed E-state index contributed by atoms with van der Waals surface area (Å²) in [4.78, 5) is 0. The van der Waals surface area contributed by atoms with Gasteiger partial charge in [0.25, 0.3) is 0 Å². The molecule has 0 aliphatic heterocycles. The average Bonchev–Trinajstić information content (AvgIpc) is 3.46. The molecule has 7 aromatic rings. The summed E-state index contributed by atoms with van der Waals surface area (Å²) in [6.45, 7) is 0. The Bertz CT molecular complexity index is 2540. The van der Waals surface area contributed by atoms with E-state index >= 15 is 0 Å². The number of para-hydroxylation sites is 1. The number of benzene rings is 6. The lowest BCUT2D eigenvalue weighted by Crippen LogP contribution is -2.27. The summed E-state index contributed by atoms with van der Waals surface area (Å²) >= 11 is 0. The van der Waals surface area contributed by atoms with Gasteiger partial charge in [0.15, 0.2) is 0 Å². The number of halogens is 6. The summed E-state index contributed by atoms with van der Waals surface area (Å²) in [5.74, 6) is -0.925. The van der Waals surface area contributed by atoms with Gasteiger partial charge in [0, 0.05) is 33.7 Å². The molecular formula is C42H24F6O. The molecule has 2 atom stereocenters. The van der Waals surface area contributed by atoms with E-state index < -0.39 is 29.4 Å². The second-order valence-electron chi connectivity index (χ2n) is 12.5. The molecule has 9 rings (SSSR count). The van der Waals surface area contributed by atoms with Crippen LogP contribution in [0.4, 0.5) is 26.3 Å². The van der Waals surface area contributed by atoms with Crippen molar-refractivity contribution in [2.24, 2.45) is 5.92 Å². The Morgan fingerprint density at radius 1 is 0.551 bits per heavy atom. The van der Waals surface area contributed by atoms with Crippen LogP contribution in [-0.2, 0) is 6.18 Å². The quantitative estimate of drug-likeness (QED) is 0.133. The predicted molar refractivity (Wildman–Crippen MR) is 182 cm³/mol. The molecule has 49 heavy (non-hydrogen) atoms. The summed E-state index contributed by atoms with van der Waals surface area (Å²) in [5, 5.41) is 2.65. The molecule has 2 aliphatic carbocycles.